The number of hydrogen-bond acceptors (Lipinski definition) is 6. The fourth-order valence-corrected chi connectivity index (χ4v) is 3.79. The van der Waals surface area contributed by atoms with Crippen molar-refractivity contribution in [3.8, 4) is 0 Å². The third-order valence-corrected chi connectivity index (χ3v) is 4.91. The molecule has 0 bridgehead atoms. The van der Waals surface area contributed by atoms with Crippen LogP contribution in [0.1, 0.15) is 18.4 Å². The van der Waals surface area contributed by atoms with Gasteiger partial charge >= 0.3 is 0 Å². The number of ether oxygens (including phenoxy) is 1. The first-order valence-electron chi connectivity index (χ1n) is 8.70. The molecule has 0 saturated carbocycles. The number of piperidine rings is 1. The summed E-state index contributed by atoms with van der Waals surface area (Å²) in [6, 6.07) is 4.11. The number of nitrogens with zero attached hydrogens (tertiary/aromatic N) is 5. The van der Waals surface area contributed by atoms with E-state index in [0.717, 1.165) is 52.2 Å². The number of pyridine rings is 1. The largest absolute Gasteiger partial charge is 0.370 e. The number of anilines is 1. The minimum Gasteiger partial charge on any atom is -0.370 e. The number of aromatic nitrogens is 3. The molecule has 0 N–H and O–H groups in total. The quantitative estimate of drug-likeness (QED) is 0.848. The van der Waals surface area contributed by atoms with Gasteiger partial charge in [0.25, 0.3) is 0 Å². The van der Waals surface area contributed by atoms with E-state index < -0.39 is 5.82 Å². The summed E-state index contributed by atoms with van der Waals surface area (Å²) in [5.74, 6) is 0.170. The normalized spacial score (nSPS) is 24.6. The smallest absolute Gasteiger partial charge is 0.225 e. The van der Waals surface area contributed by atoms with Gasteiger partial charge < -0.3 is 9.64 Å². The van der Waals surface area contributed by atoms with E-state index in [4.69, 9.17) is 4.74 Å². The van der Waals surface area contributed by atoms with Gasteiger partial charge in [-0.15, -0.1) is 0 Å². The summed E-state index contributed by atoms with van der Waals surface area (Å²) >= 11 is 0. The highest BCUT2D eigenvalue weighted by atomic mass is 19.1. The summed E-state index contributed by atoms with van der Waals surface area (Å²) in [7, 11) is 0. The molecule has 1 spiro atoms. The van der Waals surface area contributed by atoms with Crippen molar-refractivity contribution in [1.29, 1.82) is 0 Å². The summed E-state index contributed by atoms with van der Waals surface area (Å²) < 4.78 is 19.3. The van der Waals surface area contributed by atoms with E-state index in [9.17, 15) is 4.39 Å². The molecule has 2 saturated heterocycles. The summed E-state index contributed by atoms with van der Waals surface area (Å²) in [6.07, 6.45) is 8.16. The standard InChI is InChI=1S/C18H22FN5O/c19-16-10-21-17(22-11-16)24-7-1-4-18(14-24)13-23(8-9-25-18)12-15-2-5-20-6-3-15/h2-3,5-6,10-11H,1,4,7-9,12-14H2. The monoisotopic (exact) mass is 343 g/mol. The Bertz CT molecular complexity index is 694. The highest BCUT2D eigenvalue weighted by Crippen LogP contribution is 2.31. The van der Waals surface area contributed by atoms with Crippen molar-refractivity contribution in [2.45, 2.75) is 25.0 Å². The van der Waals surface area contributed by atoms with Crippen molar-refractivity contribution in [2.24, 2.45) is 0 Å². The molecule has 132 valence electrons. The Hall–Kier alpha value is -2.12. The lowest BCUT2D eigenvalue weighted by atomic mass is 9.90. The maximum absolute atomic E-state index is 13.1. The molecule has 0 radical (unpaired) electrons. The van der Waals surface area contributed by atoms with Gasteiger partial charge in [-0.3, -0.25) is 9.88 Å². The first-order valence-corrected chi connectivity index (χ1v) is 8.70. The number of morpholine rings is 1. The predicted molar refractivity (Wildman–Crippen MR) is 91.6 cm³/mol. The predicted octanol–water partition coefficient (Wildman–Crippen LogP) is 1.88. The zero-order valence-corrected chi connectivity index (χ0v) is 14.1. The van der Waals surface area contributed by atoms with Crippen LogP contribution in [-0.4, -0.2) is 58.2 Å². The minimum atomic E-state index is -0.409. The summed E-state index contributed by atoms with van der Waals surface area (Å²) in [6.45, 7) is 5.06. The van der Waals surface area contributed by atoms with Crippen LogP contribution in [0, 0.1) is 5.82 Å². The maximum atomic E-state index is 13.1. The third kappa shape index (κ3) is 3.77. The number of hydrogen-bond donors (Lipinski definition) is 0. The van der Waals surface area contributed by atoms with Crippen molar-refractivity contribution in [1.82, 2.24) is 19.9 Å². The van der Waals surface area contributed by atoms with Crippen molar-refractivity contribution < 1.29 is 9.13 Å². The Morgan fingerprint density at radius 1 is 1.12 bits per heavy atom. The Morgan fingerprint density at radius 2 is 1.92 bits per heavy atom. The molecule has 2 aliphatic rings. The molecule has 4 heterocycles. The van der Waals surface area contributed by atoms with Crippen LogP contribution in [0.15, 0.2) is 36.9 Å². The molecule has 4 rings (SSSR count). The Balaban J connectivity index is 1.45. The lowest BCUT2D eigenvalue weighted by molar-refractivity contribution is -0.116. The van der Waals surface area contributed by atoms with Crippen LogP contribution in [0.5, 0.6) is 0 Å². The second-order valence-corrected chi connectivity index (χ2v) is 6.82. The third-order valence-electron chi connectivity index (χ3n) is 4.91. The minimum absolute atomic E-state index is 0.207. The van der Waals surface area contributed by atoms with Crippen molar-refractivity contribution in [3.05, 3.63) is 48.3 Å². The van der Waals surface area contributed by atoms with Crippen LogP contribution >= 0.6 is 0 Å². The van der Waals surface area contributed by atoms with E-state index in [2.05, 4.69) is 36.9 Å². The van der Waals surface area contributed by atoms with Crippen molar-refractivity contribution >= 4 is 5.95 Å². The van der Waals surface area contributed by atoms with E-state index in [-0.39, 0.29) is 5.60 Å². The van der Waals surface area contributed by atoms with Gasteiger partial charge in [0, 0.05) is 38.6 Å². The molecule has 2 fully saturated rings. The van der Waals surface area contributed by atoms with Gasteiger partial charge in [-0.25, -0.2) is 14.4 Å². The van der Waals surface area contributed by atoms with Gasteiger partial charge in [-0.2, -0.15) is 0 Å². The molecule has 0 aromatic carbocycles. The summed E-state index contributed by atoms with van der Waals surface area (Å²) in [4.78, 5) is 16.9. The molecule has 2 aromatic rings. The molecular formula is C18H22FN5O. The van der Waals surface area contributed by atoms with E-state index in [1.54, 1.807) is 0 Å². The van der Waals surface area contributed by atoms with Gasteiger partial charge in [0.05, 0.1) is 31.1 Å². The molecule has 6 nitrogen and oxygen atoms in total. The zero-order chi connectivity index (χ0) is 17.1. The molecule has 7 heteroatoms. The molecule has 2 aliphatic heterocycles. The van der Waals surface area contributed by atoms with Crippen LogP contribution in [-0.2, 0) is 11.3 Å². The Kier molecular flexibility index (Phi) is 4.59. The fraction of sp³-hybridized carbons (Fsp3) is 0.500. The molecule has 1 unspecified atom stereocenters. The number of rotatable bonds is 3. The molecule has 0 amide bonds. The first kappa shape index (κ1) is 16.4. The SMILES string of the molecule is Fc1cnc(N2CCCC3(CN(Cc4ccncc4)CCO3)C2)nc1. The first-order chi connectivity index (χ1) is 12.2. The van der Waals surface area contributed by atoms with E-state index >= 15 is 0 Å². The Labute approximate surface area is 146 Å². The molecular weight excluding hydrogens is 321 g/mol. The van der Waals surface area contributed by atoms with Gasteiger partial charge in [-0.05, 0) is 30.5 Å². The summed E-state index contributed by atoms with van der Waals surface area (Å²) in [5, 5.41) is 0. The average molecular weight is 343 g/mol. The second-order valence-electron chi connectivity index (χ2n) is 6.82. The lowest BCUT2D eigenvalue weighted by Crippen LogP contribution is -2.59. The van der Waals surface area contributed by atoms with E-state index in [1.165, 1.54) is 18.0 Å². The molecule has 0 aliphatic carbocycles. The van der Waals surface area contributed by atoms with Crippen LogP contribution in [0.25, 0.3) is 0 Å². The van der Waals surface area contributed by atoms with E-state index in [0.29, 0.717) is 5.95 Å². The van der Waals surface area contributed by atoms with Crippen molar-refractivity contribution in [3.63, 3.8) is 0 Å². The van der Waals surface area contributed by atoms with Crippen LogP contribution < -0.4 is 4.90 Å². The fourth-order valence-electron chi connectivity index (χ4n) is 3.79. The highest BCUT2D eigenvalue weighted by molar-refractivity contribution is 5.31. The van der Waals surface area contributed by atoms with Gasteiger partial charge in [0.2, 0.25) is 5.95 Å². The van der Waals surface area contributed by atoms with Crippen LogP contribution in [0.4, 0.5) is 10.3 Å². The van der Waals surface area contributed by atoms with Gasteiger partial charge in [0.15, 0.2) is 5.82 Å². The van der Waals surface area contributed by atoms with Gasteiger partial charge in [0.1, 0.15) is 0 Å². The number of halogens is 1. The Morgan fingerprint density at radius 3 is 2.72 bits per heavy atom. The average Bonchev–Trinajstić information content (AvgIpc) is 2.63. The topological polar surface area (TPSA) is 54.4 Å². The van der Waals surface area contributed by atoms with Crippen LogP contribution in [0.3, 0.4) is 0 Å². The highest BCUT2D eigenvalue weighted by Gasteiger charge is 2.41. The van der Waals surface area contributed by atoms with Crippen molar-refractivity contribution in [2.75, 3.05) is 37.7 Å². The maximum Gasteiger partial charge on any atom is 0.225 e. The van der Waals surface area contributed by atoms with Gasteiger partial charge in [-0.1, -0.05) is 0 Å². The van der Waals surface area contributed by atoms with E-state index in [1.807, 2.05) is 12.4 Å². The lowest BCUT2D eigenvalue weighted by Gasteiger charge is -2.48. The second kappa shape index (κ2) is 7.01. The zero-order valence-electron chi connectivity index (χ0n) is 14.1. The summed E-state index contributed by atoms with van der Waals surface area (Å²) in [5.41, 5.74) is 1.06. The molecule has 1 atom stereocenters. The molecule has 25 heavy (non-hydrogen) atoms. The molecule has 2 aromatic heterocycles. The van der Waals surface area contributed by atoms with Crippen LogP contribution in [0.2, 0.25) is 0 Å².